The predicted molar refractivity (Wildman–Crippen MR) is 121 cm³/mol. The van der Waals surface area contributed by atoms with Gasteiger partial charge in [0, 0.05) is 36.8 Å². The molecular formula is C23H20FN7O. The first-order valence-electron chi connectivity index (χ1n) is 9.86. The molecule has 0 aliphatic rings. The number of aromatic amines is 1. The van der Waals surface area contributed by atoms with Crippen molar-refractivity contribution in [3.63, 3.8) is 0 Å². The topological polar surface area (TPSA) is 92.1 Å². The zero-order chi connectivity index (χ0) is 22.3. The van der Waals surface area contributed by atoms with Crippen LogP contribution < -0.4 is 15.4 Å². The van der Waals surface area contributed by atoms with Crippen molar-refractivity contribution in [3.8, 4) is 16.9 Å². The van der Waals surface area contributed by atoms with Crippen LogP contribution in [0.15, 0.2) is 60.9 Å². The number of halogens is 1. The monoisotopic (exact) mass is 429 g/mol. The van der Waals surface area contributed by atoms with Crippen LogP contribution in [0.3, 0.4) is 0 Å². The zero-order valence-electron chi connectivity index (χ0n) is 17.3. The van der Waals surface area contributed by atoms with Crippen LogP contribution >= 0.6 is 0 Å². The summed E-state index contributed by atoms with van der Waals surface area (Å²) < 4.78 is 18.9. The molecular weight excluding hydrogens is 409 g/mol. The summed E-state index contributed by atoms with van der Waals surface area (Å²) in [6, 6.07) is 13.3. The number of benzene rings is 1. The molecule has 0 spiro atoms. The maximum atomic E-state index is 13.3. The first-order chi connectivity index (χ1) is 15.6. The molecule has 0 saturated heterocycles. The van der Waals surface area contributed by atoms with Crippen LogP contribution in [0.1, 0.15) is 5.69 Å². The lowest BCUT2D eigenvalue weighted by molar-refractivity contribution is 0.331. The van der Waals surface area contributed by atoms with E-state index in [1.54, 1.807) is 30.6 Å². The van der Waals surface area contributed by atoms with Gasteiger partial charge in [0.2, 0.25) is 5.69 Å². The lowest BCUT2D eigenvalue weighted by Crippen LogP contribution is -2.13. The van der Waals surface area contributed by atoms with Gasteiger partial charge in [-0.15, -0.1) is 0 Å². The normalized spacial score (nSPS) is 10.4. The fourth-order valence-corrected chi connectivity index (χ4v) is 3.09. The number of anilines is 3. The summed E-state index contributed by atoms with van der Waals surface area (Å²) in [6.45, 7) is 10.3. The molecule has 0 atom stereocenters. The molecule has 0 aliphatic carbocycles. The summed E-state index contributed by atoms with van der Waals surface area (Å²) in [6.07, 6.45) is 3.38. The van der Waals surface area contributed by atoms with E-state index < -0.39 is 0 Å². The Kier molecular flexibility index (Phi) is 6.22. The molecule has 3 N–H and O–H groups in total. The number of nitrogens with one attached hydrogen (secondary N) is 3. The number of H-pyrrole nitrogens is 1. The van der Waals surface area contributed by atoms with Gasteiger partial charge in [0.25, 0.3) is 0 Å². The summed E-state index contributed by atoms with van der Waals surface area (Å²) >= 11 is 0. The number of pyridine rings is 2. The molecule has 0 unspecified atom stereocenters. The van der Waals surface area contributed by atoms with Crippen molar-refractivity contribution in [1.29, 1.82) is 0 Å². The molecule has 0 radical (unpaired) electrons. The Morgan fingerprint density at radius 1 is 1.16 bits per heavy atom. The number of rotatable bonds is 8. The van der Waals surface area contributed by atoms with E-state index in [1.165, 1.54) is 12.1 Å². The van der Waals surface area contributed by atoms with Crippen molar-refractivity contribution >= 4 is 23.1 Å². The van der Waals surface area contributed by atoms with Gasteiger partial charge in [-0.25, -0.2) is 14.2 Å². The Balaban J connectivity index is 1.58. The highest BCUT2D eigenvalue weighted by molar-refractivity contribution is 5.88. The molecule has 0 aliphatic heterocycles. The van der Waals surface area contributed by atoms with Crippen molar-refractivity contribution in [2.45, 2.75) is 6.92 Å². The molecule has 0 saturated carbocycles. The minimum atomic E-state index is -0.360. The van der Waals surface area contributed by atoms with E-state index in [0.717, 1.165) is 11.3 Å². The predicted octanol–water partition coefficient (Wildman–Crippen LogP) is 5.10. The number of aryl methyl sites for hydroxylation is 1. The Labute approximate surface area is 184 Å². The lowest BCUT2D eigenvalue weighted by atomic mass is 10.1. The molecule has 1 aromatic carbocycles. The van der Waals surface area contributed by atoms with Gasteiger partial charge in [0.05, 0.1) is 6.57 Å². The Hall–Kier alpha value is -4.45. The van der Waals surface area contributed by atoms with Gasteiger partial charge >= 0.3 is 0 Å². The second-order valence-corrected chi connectivity index (χ2v) is 6.90. The highest BCUT2D eigenvalue weighted by Crippen LogP contribution is 2.38. The van der Waals surface area contributed by atoms with Gasteiger partial charge in [-0.05, 0) is 42.3 Å². The molecule has 0 bridgehead atoms. The summed E-state index contributed by atoms with van der Waals surface area (Å²) in [4.78, 5) is 12.4. The number of ether oxygens (including phenoxy) is 1. The molecule has 0 fully saturated rings. The molecule has 160 valence electrons. The van der Waals surface area contributed by atoms with Gasteiger partial charge in [-0.2, -0.15) is 5.10 Å². The van der Waals surface area contributed by atoms with Crippen LogP contribution in [0.4, 0.5) is 27.5 Å². The third kappa shape index (κ3) is 4.99. The summed E-state index contributed by atoms with van der Waals surface area (Å²) in [5.74, 6) is 1.62. The van der Waals surface area contributed by atoms with Crippen LogP contribution in [0.25, 0.3) is 16.0 Å². The lowest BCUT2D eigenvalue weighted by Gasteiger charge is -2.14. The van der Waals surface area contributed by atoms with Crippen molar-refractivity contribution in [1.82, 2.24) is 20.2 Å². The second-order valence-electron chi connectivity index (χ2n) is 6.90. The van der Waals surface area contributed by atoms with E-state index in [0.29, 0.717) is 41.0 Å². The average Bonchev–Trinajstić information content (AvgIpc) is 3.21. The van der Waals surface area contributed by atoms with Crippen LogP contribution in [-0.2, 0) is 0 Å². The second kappa shape index (κ2) is 9.57. The molecule has 3 aromatic heterocycles. The highest BCUT2D eigenvalue weighted by atomic mass is 19.1. The Morgan fingerprint density at radius 2 is 2.06 bits per heavy atom. The Bertz CT molecular complexity index is 1250. The smallest absolute Gasteiger partial charge is 0.236 e. The third-order valence-corrected chi connectivity index (χ3v) is 4.50. The third-order valence-electron chi connectivity index (χ3n) is 4.50. The first kappa shape index (κ1) is 20.8. The van der Waals surface area contributed by atoms with E-state index >= 15 is 0 Å². The molecule has 3 heterocycles. The van der Waals surface area contributed by atoms with E-state index in [2.05, 4.69) is 35.6 Å². The fraction of sp³-hybridized carbons (Fsp3) is 0.130. The van der Waals surface area contributed by atoms with Gasteiger partial charge in [0.15, 0.2) is 5.82 Å². The van der Waals surface area contributed by atoms with Crippen LogP contribution in [0.5, 0.6) is 5.75 Å². The minimum absolute atomic E-state index is 0.265. The van der Waals surface area contributed by atoms with Crippen molar-refractivity contribution in [2.24, 2.45) is 0 Å². The van der Waals surface area contributed by atoms with Gasteiger partial charge < -0.3 is 15.4 Å². The van der Waals surface area contributed by atoms with E-state index in [1.807, 2.05) is 25.1 Å². The summed E-state index contributed by atoms with van der Waals surface area (Å²) in [5.41, 5.74) is 2.76. The molecule has 9 heteroatoms. The fourth-order valence-electron chi connectivity index (χ4n) is 3.09. The van der Waals surface area contributed by atoms with E-state index in [4.69, 9.17) is 11.3 Å². The molecule has 8 nitrogen and oxygen atoms in total. The standard InChI is InChI=1S/C23H20FN7O/c1-15-11-21(31-30-15)28-20-13-19(16-5-4-8-26-14-16)22(25-2)23(29-20)27-9-10-32-18-7-3-6-17(24)12-18/h3-8,11-14H,9-10H2,1H3,(H3,27,28,29,30,31). The molecule has 0 amide bonds. The SMILES string of the molecule is [C-]#[N+]c1c(-c2cccnc2)cc(Nc2cc(C)[nH]n2)nc1NCCOc1cccc(F)c1. The number of nitrogens with zero attached hydrogens (tertiary/aromatic N) is 4. The largest absolute Gasteiger partial charge is 0.492 e. The highest BCUT2D eigenvalue weighted by Gasteiger charge is 2.15. The number of hydrogen-bond donors (Lipinski definition) is 3. The summed E-state index contributed by atoms with van der Waals surface area (Å²) in [7, 11) is 0. The first-order valence-corrected chi connectivity index (χ1v) is 9.86. The van der Waals surface area contributed by atoms with Crippen molar-refractivity contribution < 1.29 is 9.13 Å². The maximum Gasteiger partial charge on any atom is 0.236 e. The van der Waals surface area contributed by atoms with Crippen molar-refractivity contribution in [3.05, 3.63) is 83.9 Å². The minimum Gasteiger partial charge on any atom is -0.492 e. The van der Waals surface area contributed by atoms with E-state index in [9.17, 15) is 4.39 Å². The molecule has 4 rings (SSSR count). The number of aromatic nitrogens is 4. The van der Waals surface area contributed by atoms with Crippen molar-refractivity contribution in [2.75, 3.05) is 23.8 Å². The van der Waals surface area contributed by atoms with Crippen LogP contribution in [0.2, 0.25) is 0 Å². The van der Waals surface area contributed by atoms with Crippen LogP contribution in [0, 0.1) is 19.3 Å². The summed E-state index contributed by atoms with van der Waals surface area (Å²) in [5, 5.41) is 13.4. The number of hydrogen-bond acceptors (Lipinski definition) is 6. The average molecular weight is 429 g/mol. The zero-order valence-corrected chi connectivity index (χ0v) is 17.3. The van der Waals surface area contributed by atoms with Crippen LogP contribution in [-0.4, -0.2) is 33.3 Å². The van der Waals surface area contributed by atoms with Gasteiger partial charge in [-0.3, -0.25) is 10.1 Å². The molecule has 32 heavy (non-hydrogen) atoms. The van der Waals surface area contributed by atoms with Gasteiger partial charge in [0.1, 0.15) is 29.8 Å². The molecule has 4 aromatic rings. The van der Waals surface area contributed by atoms with E-state index in [-0.39, 0.29) is 12.4 Å². The van der Waals surface area contributed by atoms with Gasteiger partial charge in [-0.1, -0.05) is 12.1 Å². The Morgan fingerprint density at radius 3 is 2.78 bits per heavy atom. The quantitative estimate of drug-likeness (QED) is 0.267. The maximum absolute atomic E-state index is 13.3.